The van der Waals surface area contributed by atoms with Crippen LogP contribution in [0, 0.1) is 12.7 Å². The average Bonchev–Trinajstić information content (AvgIpc) is 2.48. The second-order valence-corrected chi connectivity index (χ2v) is 5.99. The first kappa shape index (κ1) is 16.8. The number of pyridine rings is 1. The standard InChI is InChI=1S/C16H15ClFNO2S/c1-3-21-16(20)15-10(2)6-7-19-14(15)9-22-11-4-5-12(17)13(18)8-11/h4-8H,3,9H2,1-2H3. The Bertz CT molecular complexity index is 694. The van der Waals surface area contributed by atoms with Crippen LogP contribution in [-0.2, 0) is 10.5 Å². The van der Waals surface area contributed by atoms with Crippen LogP contribution in [0.4, 0.5) is 4.39 Å². The molecule has 0 bridgehead atoms. The summed E-state index contributed by atoms with van der Waals surface area (Å²) in [5.74, 6) is -0.405. The molecule has 1 heterocycles. The van der Waals surface area contributed by atoms with Gasteiger partial charge in [-0.05, 0) is 43.7 Å². The molecule has 0 saturated heterocycles. The van der Waals surface area contributed by atoms with E-state index in [9.17, 15) is 9.18 Å². The van der Waals surface area contributed by atoms with E-state index in [1.165, 1.54) is 23.9 Å². The summed E-state index contributed by atoms with van der Waals surface area (Å²) in [5.41, 5.74) is 1.91. The molecule has 0 N–H and O–H groups in total. The first-order valence-corrected chi connectivity index (χ1v) is 8.08. The highest BCUT2D eigenvalue weighted by molar-refractivity contribution is 7.98. The molecule has 22 heavy (non-hydrogen) atoms. The van der Waals surface area contributed by atoms with Crippen LogP contribution in [-0.4, -0.2) is 17.6 Å². The topological polar surface area (TPSA) is 39.2 Å². The van der Waals surface area contributed by atoms with Gasteiger partial charge in [-0.15, -0.1) is 11.8 Å². The van der Waals surface area contributed by atoms with E-state index in [0.29, 0.717) is 23.6 Å². The van der Waals surface area contributed by atoms with Crippen LogP contribution in [0.15, 0.2) is 35.4 Å². The fraction of sp³-hybridized carbons (Fsp3) is 0.250. The van der Waals surface area contributed by atoms with Gasteiger partial charge in [0, 0.05) is 16.8 Å². The Morgan fingerprint density at radius 3 is 2.86 bits per heavy atom. The Morgan fingerprint density at radius 2 is 2.18 bits per heavy atom. The number of benzene rings is 1. The second kappa shape index (κ2) is 7.61. The molecule has 2 rings (SSSR count). The van der Waals surface area contributed by atoms with Crippen molar-refractivity contribution in [1.29, 1.82) is 0 Å². The summed E-state index contributed by atoms with van der Waals surface area (Å²) in [6.45, 7) is 3.90. The lowest BCUT2D eigenvalue weighted by Crippen LogP contribution is -2.11. The number of nitrogens with zero attached hydrogens (tertiary/aromatic N) is 1. The molecule has 0 amide bonds. The molecule has 0 fully saturated rings. The summed E-state index contributed by atoms with van der Waals surface area (Å²) >= 11 is 7.05. The first-order valence-electron chi connectivity index (χ1n) is 6.72. The van der Waals surface area contributed by atoms with E-state index in [1.807, 2.05) is 6.92 Å². The molecule has 0 aliphatic heterocycles. The quantitative estimate of drug-likeness (QED) is 0.587. The number of ether oxygens (including phenoxy) is 1. The summed E-state index contributed by atoms with van der Waals surface area (Å²) in [7, 11) is 0. The van der Waals surface area contributed by atoms with Gasteiger partial charge in [-0.1, -0.05) is 11.6 Å². The molecule has 1 aromatic carbocycles. The predicted molar refractivity (Wildman–Crippen MR) is 85.9 cm³/mol. The van der Waals surface area contributed by atoms with E-state index in [0.717, 1.165) is 10.5 Å². The van der Waals surface area contributed by atoms with Crippen molar-refractivity contribution in [2.45, 2.75) is 24.5 Å². The van der Waals surface area contributed by atoms with Gasteiger partial charge in [0.25, 0.3) is 0 Å². The molecule has 0 atom stereocenters. The third kappa shape index (κ3) is 3.99. The van der Waals surface area contributed by atoms with Crippen molar-refractivity contribution in [2.24, 2.45) is 0 Å². The summed E-state index contributed by atoms with van der Waals surface area (Å²) in [6.07, 6.45) is 1.65. The summed E-state index contributed by atoms with van der Waals surface area (Å²) in [6, 6.07) is 6.38. The molecule has 0 spiro atoms. The van der Waals surface area contributed by atoms with Gasteiger partial charge >= 0.3 is 5.97 Å². The van der Waals surface area contributed by atoms with Crippen molar-refractivity contribution in [2.75, 3.05) is 6.61 Å². The van der Waals surface area contributed by atoms with Gasteiger partial charge < -0.3 is 4.74 Å². The molecule has 6 heteroatoms. The van der Waals surface area contributed by atoms with Crippen molar-refractivity contribution in [3.63, 3.8) is 0 Å². The molecule has 3 nitrogen and oxygen atoms in total. The maximum atomic E-state index is 13.4. The Hall–Kier alpha value is -1.59. The first-order chi connectivity index (χ1) is 10.5. The smallest absolute Gasteiger partial charge is 0.340 e. The van der Waals surface area contributed by atoms with E-state index in [-0.39, 0.29) is 11.0 Å². The minimum absolute atomic E-state index is 0.0882. The number of thioether (sulfide) groups is 1. The number of aromatic nitrogens is 1. The molecule has 0 radical (unpaired) electrons. The van der Waals surface area contributed by atoms with Gasteiger partial charge in [-0.25, -0.2) is 9.18 Å². The van der Waals surface area contributed by atoms with E-state index >= 15 is 0 Å². The van der Waals surface area contributed by atoms with Gasteiger partial charge in [0.1, 0.15) is 5.82 Å². The molecule has 0 saturated carbocycles. The highest BCUT2D eigenvalue weighted by Crippen LogP contribution is 2.27. The van der Waals surface area contributed by atoms with E-state index < -0.39 is 5.82 Å². The lowest BCUT2D eigenvalue weighted by atomic mass is 10.1. The summed E-state index contributed by atoms with van der Waals surface area (Å²) in [5, 5.41) is 0.0882. The average molecular weight is 340 g/mol. The molecule has 116 valence electrons. The zero-order chi connectivity index (χ0) is 16.1. The van der Waals surface area contributed by atoms with Gasteiger partial charge in [0.2, 0.25) is 0 Å². The lowest BCUT2D eigenvalue weighted by Gasteiger charge is -2.10. The van der Waals surface area contributed by atoms with Crippen molar-refractivity contribution in [1.82, 2.24) is 4.98 Å². The maximum Gasteiger partial charge on any atom is 0.340 e. The van der Waals surface area contributed by atoms with Crippen molar-refractivity contribution >= 4 is 29.3 Å². The Kier molecular flexibility index (Phi) is 5.80. The molecular formula is C16H15ClFNO2S. The van der Waals surface area contributed by atoms with Crippen LogP contribution in [0.5, 0.6) is 0 Å². The number of carbonyl (C=O) groups excluding carboxylic acids is 1. The van der Waals surface area contributed by atoms with E-state index in [1.54, 1.807) is 25.3 Å². The van der Waals surface area contributed by atoms with E-state index in [4.69, 9.17) is 16.3 Å². The largest absolute Gasteiger partial charge is 0.462 e. The Labute approximate surface area is 137 Å². The zero-order valence-corrected chi connectivity index (χ0v) is 13.8. The van der Waals surface area contributed by atoms with Crippen LogP contribution >= 0.6 is 23.4 Å². The fourth-order valence-corrected chi connectivity index (χ4v) is 2.92. The van der Waals surface area contributed by atoms with Crippen LogP contribution in [0.2, 0.25) is 5.02 Å². The minimum Gasteiger partial charge on any atom is -0.462 e. The van der Waals surface area contributed by atoms with Crippen LogP contribution < -0.4 is 0 Å². The third-order valence-electron chi connectivity index (χ3n) is 2.98. The molecule has 0 aliphatic rings. The molecule has 2 aromatic rings. The number of hydrogen-bond acceptors (Lipinski definition) is 4. The number of rotatable bonds is 5. The SMILES string of the molecule is CCOC(=O)c1c(C)ccnc1CSc1ccc(Cl)c(F)c1. The Balaban J connectivity index is 2.20. The fourth-order valence-electron chi connectivity index (χ4n) is 1.92. The molecular weight excluding hydrogens is 325 g/mol. The summed E-state index contributed by atoms with van der Waals surface area (Å²) < 4.78 is 18.5. The maximum absolute atomic E-state index is 13.4. The van der Waals surface area contributed by atoms with Crippen molar-refractivity contribution < 1.29 is 13.9 Å². The highest BCUT2D eigenvalue weighted by Gasteiger charge is 2.17. The predicted octanol–water partition coefficient (Wildman–Crippen LogP) is 4.65. The number of carbonyl (C=O) groups is 1. The zero-order valence-electron chi connectivity index (χ0n) is 12.2. The lowest BCUT2D eigenvalue weighted by molar-refractivity contribution is 0.0524. The number of esters is 1. The van der Waals surface area contributed by atoms with Crippen LogP contribution in [0.25, 0.3) is 0 Å². The minimum atomic E-state index is -0.463. The number of halogens is 2. The third-order valence-corrected chi connectivity index (χ3v) is 4.30. The number of aryl methyl sites for hydroxylation is 1. The number of hydrogen-bond donors (Lipinski definition) is 0. The van der Waals surface area contributed by atoms with Gasteiger partial charge in [0.05, 0.1) is 22.9 Å². The molecule has 0 aliphatic carbocycles. The van der Waals surface area contributed by atoms with Crippen LogP contribution in [0.1, 0.15) is 28.5 Å². The van der Waals surface area contributed by atoms with Gasteiger partial charge in [0.15, 0.2) is 0 Å². The molecule has 0 unspecified atom stereocenters. The second-order valence-electron chi connectivity index (χ2n) is 4.53. The van der Waals surface area contributed by atoms with Gasteiger partial charge in [-0.2, -0.15) is 0 Å². The monoisotopic (exact) mass is 339 g/mol. The van der Waals surface area contributed by atoms with Crippen molar-refractivity contribution in [3.05, 3.63) is 58.1 Å². The van der Waals surface area contributed by atoms with Gasteiger partial charge in [-0.3, -0.25) is 4.98 Å². The highest BCUT2D eigenvalue weighted by atomic mass is 35.5. The van der Waals surface area contributed by atoms with E-state index in [2.05, 4.69) is 4.98 Å². The van der Waals surface area contributed by atoms with Crippen molar-refractivity contribution in [3.8, 4) is 0 Å². The summed E-state index contributed by atoms with van der Waals surface area (Å²) in [4.78, 5) is 17.0. The Morgan fingerprint density at radius 1 is 1.41 bits per heavy atom. The normalized spacial score (nSPS) is 10.5. The molecule has 1 aromatic heterocycles. The van der Waals surface area contributed by atoms with Crippen LogP contribution in [0.3, 0.4) is 0 Å².